The third kappa shape index (κ3) is 7.02. The minimum absolute atomic E-state index is 0.101. The zero-order chi connectivity index (χ0) is 28.8. The van der Waals surface area contributed by atoms with Crippen molar-refractivity contribution in [2.75, 3.05) is 56.2 Å². The first-order valence-electron chi connectivity index (χ1n) is 14.1. The Morgan fingerprint density at radius 3 is 2.44 bits per heavy atom. The molecule has 2 atom stereocenters. The number of benzene rings is 3. The number of nitrogens with one attached hydrogen (secondary N) is 1. The number of hydrogen-bond donors (Lipinski definition) is 1. The van der Waals surface area contributed by atoms with Gasteiger partial charge in [-0.05, 0) is 67.1 Å². The third-order valence-electron chi connectivity index (χ3n) is 7.80. The fraction of sp³-hybridized carbons (Fsp3) is 0.375. The van der Waals surface area contributed by atoms with E-state index in [-0.39, 0.29) is 17.6 Å². The van der Waals surface area contributed by atoms with Crippen LogP contribution in [0.15, 0.2) is 77.7 Å². The highest BCUT2D eigenvalue weighted by Gasteiger charge is 2.39. The van der Waals surface area contributed by atoms with Crippen LogP contribution in [-0.2, 0) is 16.1 Å². The molecule has 3 aromatic carbocycles. The first-order chi connectivity index (χ1) is 19.9. The van der Waals surface area contributed by atoms with Gasteiger partial charge in [0.05, 0.1) is 25.3 Å². The van der Waals surface area contributed by atoms with Crippen LogP contribution in [0, 0.1) is 11.7 Å². The Kier molecular flexibility index (Phi) is 9.46. The van der Waals surface area contributed by atoms with Gasteiger partial charge in [-0.1, -0.05) is 31.2 Å². The van der Waals surface area contributed by atoms with E-state index in [2.05, 4.69) is 27.2 Å². The molecule has 2 heterocycles. The van der Waals surface area contributed by atoms with E-state index in [0.717, 1.165) is 61.0 Å². The number of halogens is 1. The van der Waals surface area contributed by atoms with Crippen molar-refractivity contribution >= 4 is 35.0 Å². The van der Waals surface area contributed by atoms with E-state index in [9.17, 15) is 14.0 Å². The molecule has 3 aromatic rings. The van der Waals surface area contributed by atoms with E-state index >= 15 is 0 Å². The van der Waals surface area contributed by atoms with Crippen molar-refractivity contribution in [3.05, 3.63) is 84.2 Å². The van der Waals surface area contributed by atoms with Crippen LogP contribution >= 0.6 is 11.8 Å². The van der Waals surface area contributed by atoms with Gasteiger partial charge < -0.3 is 19.9 Å². The van der Waals surface area contributed by atoms with Crippen molar-refractivity contribution < 1.29 is 18.7 Å². The lowest BCUT2D eigenvalue weighted by molar-refractivity contribution is -0.128. The monoisotopic (exact) mass is 576 g/mol. The van der Waals surface area contributed by atoms with E-state index in [4.69, 9.17) is 4.74 Å². The van der Waals surface area contributed by atoms with Crippen molar-refractivity contribution in [1.29, 1.82) is 0 Å². The third-order valence-corrected chi connectivity index (χ3v) is 9.26. The predicted molar refractivity (Wildman–Crippen MR) is 162 cm³/mol. The summed E-state index contributed by atoms with van der Waals surface area (Å²) in [7, 11) is 1.68. The fourth-order valence-electron chi connectivity index (χ4n) is 5.33. The number of carbonyl (C=O) groups is 2. The van der Waals surface area contributed by atoms with Gasteiger partial charge in [0.15, 0.2) is 0 Å². The van der Waals surface area contributed by atoms with E-state index in [1.807, 2.05) is 43.3 Å². The Hall–Kier alpha value is -3.56. The van der Waals surface area contributed by atoms with Crippen LogP contribution < -0.4 is 19.9 Å². The number of amides is 2. The summed E-state index contributed by atoms with van der Waals surface area (Å²) < 4.78 is 18.7. The number of ether oxygens (including phenoxy) is 1. The number of rotatable bonds is 10. The molecule has 5 rings (SSSR count). The molecule has 0 spiro atoms. The van der Waals surface area contributed by atoms with E-state index in [1.165, 1.54) is 29.6 Å². The second-order valence-corrected chi connectivity index (χ2v) is 11.7. The Morgan fingerprint density at radius 1 is 1.02 bits per heavy atom. The molecular formula is C32H37FN4O3S. The summed E-state index contributed by atoms with van der Waals surface area (Å²) in [5.74, 6) is -0.155. The van der Waals surface area contributed by atoms with Crippen molar-refractivity contribution in [3.63, 3.8) is 0 Å². The Bertz CT molecular complexity index is 1330. The molecule has 9 heteroatoms. The minimum Gasteiger partial charge on any atom is -0.497 e. The summed E-state index contributed by atoms with van der Waals surface area (Å²) in [5.41, 5.74) is 2.87. The molecule has 2 amide bonds. The topological polar surface area (TPSA) is 65.1 Å². The minimum atomic E-state index is -0.531. The van der Waals surface area contributed by atoms with Gasteiger partial charge in [-0.2, -0.15) is 0 Å². The largest absolute Gasteiger partial charge is 0.497 e. The molecule has 0 saturated carbocycles. The number of hydrogen-bond acceptors (Lipinski definition) is 6. The number of methoxy groups -OCH3 is 1. The standard InChI is InChI=1S/C32H37FN4O3S/c1-23(30-32(39)37(22-24-8-10-25(33)11-9-24)28-6-3-4-7-29(28)41-30)31(38)34-16-5-17-35-18-20-36(21-19-35)26-12-14-27(40-2)15-13-26/h3-4,6-15,23,30H,5,16-22H2,1-2H3,(H,34,38)/t23-,30-/m0/s1. The first-order valence-corrected chi connectivity index (χ1v) is 15.0. The van der Waals surface area contributed by atoms with Crippen LogP contribution in [0.25, 0.3) is 0 Å². The van der Waals surface area contributed by atoms with Crippen LogP contribution in [-0.4, -0.2) is 68.3 Å². The lowest BCUT2D eigenvalue weighted by Gasteiger charge is -2.36. The number of nitrogens with zero attached hydrogens (tertiary/aromatic N) is 3. The average Bonchev–Trinajstić information content (AvgIpc) is 3.01. The SMILES string of the molecule is COc1ccc(N2CCN(CCCNC(=O)[C@@H](C)[C@@H]3Sc4ccccc4N(Cc4ccc(F)cc4)C3=O)CC2)cc1. The summed E-state index contributed by atoms with van der Waals surface area (Å²) in [6.45, 7) is 7.53. The smallest absolute Gasteiger partial charge is 0.241 e. The predicted octanol–water partition coefficient (Wildman–Crippen LogP) is 4.81. The molecule has 216 valence electrons. The summed E-state index contributed by atoms with van der Waals surface area (Å²) in [6.07, 6.45) is 0.853. The van der Waals surface area contributed by atoms with Gasteiger partial charge in [0.25, 0.3) is 0 Å². The summed E-state index contributed by atoms with van der Waals surface area (Å²) in [4.78, 5) is 34.3. The average molecular weight is 577 g/mol. The molecule has 2 aliphatic heterocycles. The molecule has 1 saturated heterocycles. The van der Waals surface area contributed by atoms with Crippen LogP contribution in [0.1, 0.15) is 18.9 Å². The van der Waals surface area contributed by atoms with E-state index < -0.39 is 11.2 Å². The highest BCUT2D eigenvalue weighted by atomic mass is 32.2. The van der Waals surface area contributed by atoms with Gasteiger partial charge in [0.1, 0.15) is 16.8 Å². The maximum absolute atomic E-state index is 13.6. The van der Waals surface area contributed by atoms with E-state index in [1.54, 1.807) is 24.1 Å². The fourth-order valence-corrected chi connectivity index (χ4v) is 6.61. The zero-order valence-electron chi connectivity index (χ0n) is 23.6. The summed E-state index contributed by atoms with van der Waals surface area (Å²) in [5, 5.41) is 2.54. The van der Waals surface area contributed by atoms with Crippen molar-refractivity contribution in [2.45, 2.75) is 30.0 Å². The first kappa shape index (κ1) is 29.0. The van der Waals surface area contributed by atoms with Crippen LogP contribution in [0.4, 0.5) is 15.8 Å². The summed E-state index contributed by atoms with van der Waals surface area (Å²) in [6, 6.07) is 22.1. The van der Waals surface area contributed by atoms with Gasteiger partial charge in [-0.3, -0.25) is 14.5 Å². The quantitative estimate of drug-likeness (QED) is 0.350. The van der Waals surface area contributed by atoms with Gasteiger partial charge in [-0.15, -0.1) is 11.8 Å². The van der Waals surface area contributed by atoms with Crippen molar-refractivity contribution in [2.24, 2.45) is 5.92 Å². The summed E-state index contributed by atoms with van der Waals surface area (Å²) >= 11 is 1.45. The van der Waals surface area contributed by atoms with Gasteiger partial charge >= 0.3 is 0 Å². The highest BCUT2D eigenvalue weighted by molar-refractivity contribution is 8.01. The number of piperazine rings is 1. The molecule has 0 bridgehead atoms. The Balaban J connectivity index is 1.10. The highest BCUT2D eigenvalue weighted by Crippen LogP contribution is 2.42. The Morgan fingerprint density at radius 2 is 1.73 bits per heavy atom. The van der Waals surface area contributed by atoms with Crippen LogP contribution in [0.3, 0.4) is 0 Å². The van der Waals surface area contributed by atoms with E-state index in [0.29, 0.717) is 13.1 Å². The molecule has 2 aliphatic rings. The molecule has 1 fully saturated rings. The molecule has 7 nitrogen and oxygen atoms in total. The van der Waals surface area contributed by atoms with Gasteiger partial charge in [0.2, 0.25) is 11.8 Å². The number of anilines is 2. The van der Waals surface area contributed by atoms with Crippen LogP contribution in [0.2, 0.25) is 0 Å². The molecule has 0 aromatic heterocycles. The second kappa shape index (κ2) is 13.4. The maximum atomic E-state index is 13.6. The molecule has 0 unspecified atom stereocenters. The lowest BCUT2D eigenvalue weighted by Crippen LogP contribution is -2.48. The molecule has 0 radical (unpaired) electrons. The number of para-hydroxylation sites is 1. The Labute approximate surface area is 245 Å². The molecule has 1 N–H and O–H groups in total. The lowest BCUT2D eigenvalue weighted by atomic mass is 10.0. The van der Waals surface area contributed by atoms with Crippen molar-refractivity contribution in [1.82, 2.24) is 10.2 Å². The molecule has 41 heavy (non-hydrogen) atoms. The molecular weight excluding hydrogens is 539 g/mol. The molecule has 0 aliphatic carbocycles. The van der Waals surface area contributed by atoms with Gasteiger partial charge in [-0.25, -0.2) is 4.39 Å². The normalized spacial score (nSPS) is 18.1. The maximum Gasteiger partial charge on any atom is 0.241 e. The van der Waals surface area contributed by atoms with Crippen LogP contribution in [0.5, 0.6) is 5.75 Å². The second-order valence-electron chi connectivity index (χ2n) is 10.5. The number of carbonyl (C=O) groups excluding carboxylic acids is 2. The zero-order valence-corrected chi connectivity index (χ0v) is 24.4. The van der Waals surface area contributed by atoms with Gasteiger partial charge in [0, 0.05) is 43.3 Å². The van der Waals surface area contributed by atoms with Crippen molar-refractivity contribution in [3.8, 4) is 5.75 Å². The number of fused-ring (bicyclic) bond motifs is 1. The number of thioether (sulfide) groups is 1.